The molecule has 0 bridgehead atoms. The fraction of sp³-hybridized carbons (Fsp3) is 0.188. The average Bonchev–Trinajstić information content (AvgIpc) is 2.49. The summed E-state index contributed by atoms with van der Waals surface area (Å²) in [7, 11) is 0. The third-order valence-corrected chi connectivity index (χ3v) is 4.03. The largest absolute Gasteiger partial charge is 0.322 e. The molecule has 0 spiro atoms. The summed E-state index contributed by atoms with van der Waals surface area (Å²) in [5.41, 5.74) is 7.11. The monoisotopic (exact) mass is 398 g/mol. The summed E-state index contributed by atoms with van der Waals surface area (Å²) in [5.74, 6) is -1.01. The number of benzene rings is 2. The maximum atomic E-state index is 13.7. The second-order valence-corrected chi connectivity index (χ2v) is 6.08. The highest BCUT2D eigenvalue weighted by atomic mass is 127. The molecule has 0 unspecified atom stereocenters. The van der Waals surface area contributed by atoms with Crippen molar-refractivity contribution < 1.29 is 9.18 Å². The summed E-state index contributed by atoms with van der Waals surface area (Å²) in [6.45, 7) is 1.88. The number of halogens is 2. The predicted molar refractivity (Wildman–Crippen MR) is 90.6 cm³/mol. The van der Waals surface area contributed by atoms with Crippen LogP contribution in [0, 0.1) is 9.39 Å². The molecule has 0 aliphatic heterocycles. The number of hydrogen-bond acceptors (Lipinski definition) is 2. The minimum Gasteiger partial charge on any atom is -0.322 e. The molecule has 5 heteroatoms. The molecule has 0 aliphatic carbocycles. The lowest BCUT2D eigenvalue weighted by atomic mass is 9.93. The topological polar surface area (TPSA) is 55.1 Å². The highest BCUT2D eigenvalue weighted by Gasteiger charge is 2.22. The number of anilines is 1. The molecule has 110 valence electrons. The van der Waals surface area contributed by atoms with Crippen LogP contribution < -0.4 is 11.1 Å². The van der Waals surface area contributed by atoms with Gasteiger partial charge >= 0.3 is 0 Å². The van der Waals surface area contributed by atoms with Gasteiger partial charge in [-0.1, -0.05) is 37.3 Å². The van der Waals surface area contributed by atoms with Gasteiger partial charge in [-0.3, -0.25) is 4.79 Å². The Hall–Kier alpha value is -1.47. The second-order valence-electron chi connectivity index (χ2n) is 4.84. The fourth-order valence-electron chi connectivity index (χ4n) is 2.00. The number of carbonyl (C=O) groups excluding carboxylic acids is 1. The Morgan fingerprint density at radius 1 is 1.24 bits per heavy atom. The number of amides is 1. The van der Waals surface area contributed by atoms with Crippen molar-refractivity contribution in [1.29, 1.82) is 0 Å². The van der Waals surface area contributed by atoms with Gasteiger partial charge in [0.05, 0.1) is 11.7 Å². The van der Waals surface area contributed by atoms with Crippen LogP contribution in [0.5, 0.6) is 0 Å². The van der Waals surface area contributed by atoms with E-state index in [9.17, 15) is 9.18 Å². The molecule has 1 amide bonds. The standard InChI is InChI=1S/C16H16FIN2O/c1-10(11-5-3-2-4-6-11)15(19)16(21)20-14-8-7-12(18)9-13(14)17/h2-10,15H,19H2,1H3,(H,20,21)/t10-,15-/m0/s1. The molecule has 0 heterocycles. The molecule has 3 N–H and O–H groups in total. The highest BCUT2D eigenvalue weighted by Crippen LogP contribution is 2.21. The van der Waals surface area contributed by atoms with Crippen molar-refractivity contribution in [2.24, 2.45) is 5.73 Å². The van der Waals surface area contributed by atoms with Crippen LogP contribution >= 0.6 is 22.6 Å². The predicted octanol–water partition coefficient (Wildman–Crippen LogP) is 3.50. The lowest BCUT2D eigenvalue weighted by molar-refractivity contribution is -0.117. The van der Waals surface area contributed by atoms with Crippen molar-refractivity contribution >= 4 is 34.2 Å². The Morgan fingerprint density at radius 3 is 2.52 bits per heavy atom. The zero-order chi connectivity index (χ0) is 15.4. The zero-order valence-corrected chi connectivity index (χ0v) is 13.7. The summed E-state index contributed by atoms with van der Waals surface area (Å²) in [4.78, 5) is 12.2. The third-order valence-electron chi connectivity index (χ3n) is 3.36. The summed E-state index contributed by atoms with van der Waals surface area (Å²) in [6, 6.07) is 13.4. The van der Waals surface area contributed by atoms with Crippen LogP contribution in [-0.4, -0.2) is 11.9 Å². The van der Waals surface area contributed by atoms with E-state index in [2.05, 4.69) is 5.32 Å². The molecule has 2 rings (SSSR count). The van der Waals surface area contributed by atoms with Gasteiger partial charge in [0.2, 0.25) is 5.91 Å². The Morgan fingerprint density at radius 2 is 1.90 bits per heavy atom. The number of rotatable bonds is 4. The molecule has 0 aliphatic rings. The van der Waals surface area contributed by atoms with Gasteiger partial charge in [-0.05, 0) is 46.4 Å². The van der Waals surface area contributed by atoms with Gasteiger partial charge in [0, 0.05) is 9.49 Å². The molecule has 2 aromatic carbocycles. The SMILES string of the molecule is C[C@@H](c1ccccc1)[C@H](N)C(=O)Nc1ccc(I)cc1F. The van der Waals surface area contributed by atoms with E-state index in [1.165, 1.54) is 12.1 Å². The van der Waals surface area contributed by atoms with Gasteiger partial charge < -0.3 is 11.1 Å². The number of hydrogen-bond donors (Lipinski definition) is 2. The van der Waals surface area contributed by atoms with E-state index in [4.69, 9.17) is 5.73 Å². The maximum Gasteiger partial charge on any atom is 0.241 e. The summed E-state index contributed by atoms with van der Waals surface area (Å²) < 4.78 is 14.5. The fourth-order valence-corrected chi connectivity index (χ4v) is 2.45. The number of nitrogens with one attached hydrogen (secondary N) is 1. The average molecular weight is 398 g/mol. The highest BCUT2D eigenvalue weighted by molar-refractivity contribution is 14.1. The molecule has 2 aromatic rings. The van der Waals surface area contributed by atoms with E-state index in [1.54, 1.807) is 6.07 Å². The molecular formula is C16H16FIN2O. The molecule has 0 fully saturated rings. The van der Waals surface area contributed by atoms with Crippen LogP contribution in [-0.2, 0) is 4.79 Å². The zero-order valence-electron chi connectivity index (χ0n) is 11.5. The summed E-state index contributed by atoms with van der Waals surface area (Å²) >= 11 is 2.01. The van der Waals surface area contributed by atoms with Crippen molar-refractivity contribution in [1.82, 2.24) is 0 Å². The molecule has 21 heavy (non-hydrogen) atoms. The first-order chi connectivity index (χ1) is 9.99. The summed E-state index contributed by atoms with van der Waals surface area (Å²) in [6.07, 6.45) is 0. The maximum absolute atomic E-state index is 13.7. The van der Waals surface area contributed by atoms with E-state index < -0.39 is 17.8 Å². The van der Waals surface area contributed by atoms with Crippen molar-refractivity contribution in [3.63, 3.8) is 0 Å². The Balaban J connectivity index is 2.09. The third kappa shape index (κ3) is 4.01. The lowest BCUT2D eigenvalue weighted by Crippen LogP contribution is -2.39. The van der Waals surface area contributed by atoms with Crippen LogP contribution in [0.2, 0.25) is 0 Å². The molecule has 3 nitrogen and oxygen atoms in total. The minimum absolute atomic E-state index is 0.149. The Bertz CT molecular complexity index is 633. The van der Waals surface area contributed by atoms with Crippen LogP contribution in [0.3, 0.4) is 0 Å². The normalized spacial score (nSPS) is 13.5. The van der Waals surface area contributed by atoms with Gasteiger partial charge in [-0.2, -0.15) is 0 Å². The van der Waals surface area contributed by atoms with Crippen molar-refractivity contribution in [3.05, 3.63) is 63.5 Å². The summed E-state index contributed by atoms with van der Waals surface area (Å²) in [5, 5.41) is 2.55. The molecule has 0 saturated heterocycles. The smallest absolute Gasteiger partial charge is 0.241 e. The molecule has 0 saturated carbocycles. The van der Waals surface area contributed by atoms with Crippen LogP contribution in [0.15, 0.2) is 48.5 Å². The van der Waals surface area contributed by atoms with Gasteiger partial charge in [0.25, 0.3) is 0 Å². The molecule has 2 atom stereocenters. The van der Waals surface area contributed by atoms with Crippen LogP contribution in [0.4, 0.5) is 10.1 Å². The van der Waals surface area contributed by atoms with Gasteiger partial charge in [0.1, 0.15) is 5.82 Å². The van der Waals surface area contributed by atoms with E-state index in [0.717, 1.165) is 9.13 Å². The van der Waals surface area contributed by atoms with Crippen molar-refractivity contribution in [3.8, 4) is 0 Å². The van der Waals surface area contributed by atoms with Crippen LogP contribution in [0.25, 0.3) is 0 Å². The van der Waals surface area contributed by atoms with E-state index in [-0.39, 0.29) is 11.6 Å². The molecule has 0 radical (unpaired) electrons. The first-order valence-corrected chi connectivity index (χ1v) is 7.63. The van der Waals surface area contributed by atoms with Gasteiger partial charge in [-0.25, -0.2) is 4.39 Å². The van der Waals surface area contributed by atoms with E-state index in [1.807, 2.05) is 59.8 Å². The second kappa shape index (κ2) is 7.00. The van der Waals surface area contributed by atoms with E-state index in [0.29, 0.717) is 0 Å². The Kier molecular flexibility index (Phi) is 5.30. The quantitative estimate of drug-likeness (QED) is 0.775. The number of carbonyl (C=O) groups is 1. The molecular weight excluding hydrogens is 382 g/mol. The van der Waals surface area contributed by atoms with Crippen molar-refractivity contribution in [2.75, 3.05) is 5.32 Å². The Labute approximate surface area is 136 Å². The minimum atomic E-state index is -0.744. The first kappa shape index (κ1) is 15.9. The molecule has 0 aromatic heterocycles. The van der Waals surface area contributed by atoms with E-state index >= 15 is 0 Å². The van der Waals surface area contributed by atoms with Gasteiger partial charge in [-0.15, -0.1) is 0 Å². The lowest BCUT2D eigenvalue weighted by Gasteiger charge is -2.20. The first-order valence-electron chi connectivity index (χ1n) is 6.55. The van der Waals surface area contributed by atoms with Crippen molar-refractivity contribution in [2.45, 2.75) is 18.9 Å². The van der Waals surface area contributed by atoms with Crippen LogP contribution in [0.1, 0.15) is 18.4 Å². The number of nitrogens with two attached hydrogens (primary N) is 1. The van der Waals surface area contributed by atoms with Gasteiger partial charge in [0.15, 0.2) is 0 Å².